The van der Waals surface area contributed by atoms with Crippen LogP contribution in [-0.2, 0) is 4.79 Å². The van der Waals surface area contributed by atoms with Crippen molar-refractivity contribution in [2.45, 2.75) is 6.42 Å². The van der Waals surface area contributed by atoms with E-state index in [0.29, 0.717) is 5.69 Å². The number of nitrogens with zero attached hydrogens (tertiary/aromatic N) is 4. The Bertz CT molecular complexity index is 829. The third kappa shape index (κ3) is 2.58. The lowest BCUT2D eigenvalue weighted by molar-refractivity contribution is -0.115. The number of amides is 1. The van der Waals surface area contributed by atoms with Gasteiger partial charge in [0.25, 0.3) is 0 Å². The van der Waals surface area contributed by atoms with E-state index in [0.717, 1.165) is 16.7 Å². The fourth-order valence-corrected chi connectivity index (χ4v) is 2.02. The summed E-state index contributed by atoms with van der Waals surface area (Å²) in [5.41, 5.74) is 3.23. The van der Waals surface area contributed by atoms with E-state index in [9.17, 15) is 4.79 Å². The molecule has 0 fully saturated rings. The lowest BCUT2D eigenvalue weighted by Gasteiger charge is -2.05. The molecule has 3 aromatic rings. The molecule has 3 rings (SSSR count). The number of fused-ring (bicyclic) bond motifs is 1. The van der Waals surface area contributed by atoms with Gasteiger partial charge in [0.15, 0.2) is 0 Å². The van der Waals surface area contributed by atoms with Gasteiger partial charge in [-0.1, -0.05) is 17.3 Å². The van der Waals surface area contributed by atoms with Gasteiger partial charge >= 0.3 is 0 Å². The van der Waals surface area contributed by atoms with Gasteiger partial charge in [0.05, 0.1) is 17.3 Å². The zero-order valence-electron chi connectivity index (χ0n) is 11.0. The molecule has 1 aromatic heterocycles. The van der Waals surface area contributed by atoms with Crippen LogP contribution in [0.5, 0.6) is 0 Å². The summed E-state index contributed by atoms with van der Waals surface area (Å²) in [5, 5.41) is 19.3. The molecule has 1 amide bonds. The maximum Gasteiger partial charge on any atom is 0.238 e. The SMILES string of the molecule is N#CCC(=O)Nc1ccc(-n2nnc3ccccc32)cc1. The van der Waals surface area contributed by atoms with E-state index in [1.807, 2.05) is 42.5 Å². The molecule has 0 atom stereocenters. The fraction of sp³-hybridized carbons (Fsp3) is 0.0667. The highest BCUT2D eigenvalue weighted by Crippen LogP contribution is 2.18. The number of carbonyl (C=O) groups excluding carboxylic acids is 1. The topological polar surface area (TPSA) is 83.6 Å². The molecular formula is C15H11N5O. The maximum absolute atomic E-state index is 11.3. The molecule has 2 aromatic carbocycles. The number of nitrogens with one attached hydrogen (secondary N) is 1. The van der Waals surface area contributed by atoms with Gasteiger partial charge in [0.1, 0.15) is 11.9 Å². The van der Waals surface area contributed by atoms with Gasteiger partial charge in [-0.25, -0.2) is 4.68 Å². The number of aromatic nitrogens is 3. The van der Waals surface area contributed by atoms with E-state index >= 15 is 0 Å². The van der Waals surface area contributed by atoms with Crippen molar-refractivity contribution in [2.24, 2.45) is 0 Å². The van der Waals surface area contributed by atoms with E-state index in [1.165, 1.54) is 0 Å². The fourth-order valence-electron chi connectivity index (χ4n) is 2.02. The average molecular weight is 277 g/mol. The summed E-state index contributed by atoms with van der Waals surface area (Å²) in [6, 6.07) is 16.7. The van der Waals surface area contributed by atoms with Crippen molar-refractivity contribution in [3.63, 3.8) is 0 Å². The van der Waals surface area contributed by atoms with Crippen molar-refractivity contribution in [1.29, 1.82) is 5.26 Å². The monoisotopic (exact) mass is 277 g/mol. The van der Waals surface area contributed by atoms with Gasteiger partial charge < -0.3 is 5.32 Å². The molecule has 0 aliphatic heterocycles. The van der Waals surface area contributed by atoms with Gasteiger partial charge in [-0.3, -0.25) is 4.79 Å². The summed E-state index contributed by atoms with van der Waals surface area (Å²) in [5.74, 6) is -0.323. The quantitative estimate of drug-likeness (QED) is 0.796. The smallest absolute Gasteiger partial charge is 0.238 e. The normalized spacial score (nSPS) is 10.2. The Kier molecular flexibility index (Phi) is 3.31. The number of nitriles is 1. The van der Waals surface area contributed by atoms with Gasteiger partial charge in [-0.05, 0) is 36.4 Å². The number of benzene rings is 2. The second-order valence-corrected chi connectivity index (χ2v) is 4.42. The number of rotatable bonds is 3. The van der Waals surface area contributed by atoms with Crippen molar-refractivity contribution in [3.05, 3.63) is 48.5 Å². The number of carbonyl (C=O) groups is 1. The van der Waals surface area contributed by atoms with E-state index in [-0.39, 0.29) is 12.3 Å². The second-order valence-electron chi connectivity index (χ2n) is 4.42. The zero-order valence-corrected chi connectivity index (χ0v) is 11.0. The Balaban J connectivity index is 1.87. The Morgan fingerprint density at radius 1 is 1.19 bits per heavy atom. The Morgan fingerprint density at radius 3 is 2.71 bits per heavy atom. The number of hydrogen-bond donors (Lipinski definition) is 1. The summed E-state index contributed by atoms with van der Waals surface area (Å²) < 4.78 is 1.73. The van der Waals surface area contributed by atoms with E-state index in [1.54, 1.807) is 16.8 Å². The van der Waals surface area contributed by atoms with Crippen LogP contribution in [0.25, 0.3) is 16.7 Å². The highest BCUT2D eigenvalue weighted by Gasteiger charge is 2.06. The highest BCUT2D eigenvalue weighted by molar-refractivity contribution is 5.92. The molecule has 1 N–H and O–H groups in total. The molecule has 6 nitrogen and oxygen atoms in total. The largest absolute Gasteiger partial charge is 0.325 e. The first-order chi connectivity index (χ1) is 10.3. The first kappa shape index (κ1) is 12.8. The predicted octanol–water partition coefficient (Wildman–Crippen LogP) is 2.27. The van der Waals surface area contributed by atoms with Crippen molar-refractivity contribution < 1.29 is 4.79 Å². The van der Waals surface area contributed by atoms with E-state index < -0.39 is 0 Å². The molecule has 21 heavy (non-hydrogen) atoms. The van der Waals surface area contributed by atoms with Crippen molar-refractivity contribution in [3.8, 4) is 11.8 Å². The van der Waals surface area contributed by atoms with Crippen molar-refractivity contribution >= 4 is 22.6 Å². The second kappa shape index (κ2) is 5.43. The minimum atomic E-state index is -0.323. The Hall–Kier alpha value is -3.20. The minimum absolute atomic E-state index is 0.157. The molecule has 0 saturated heterocycles. The van der Waals surface area contributed by atoms with E-state index in [4.69, 9.17) is 5.26 Å². The van der Waals surface area contributed by atoms with Crippen LogP contribution in [0.4, 0.5) is 5.69 Å². The molecule has 0 aliphatic carbocycles. The van der Waals surface area contributed by atoms with Crippen LogP contribution < -0.4 is 5.32 Å². The maximum atomic E-state index is 11.3. The predicted molar refractivity (Wildman–Crippen MR) is 77.7 cm³/mol. The molecule has 0 spiro atoms. The van der Waals surface area contributed by atoms with Crippen LogP contribution in [0, 0.1) is 11.3 Å². The average Bonchev–Trinajstić information content (AvgIpc) is 2.92. The summed E-state index contributed by atoms with van der Waals surface area (Å²) in [6.45, 7) is 0. The molecule has 0 saturated carbocycles. The van der Waals surface area contributed by atoms with Crippen LogP contribution in [0.2, 0.25) is 0 Å². The molecule has 0 aliphatic rings. The zero-order chi connectivity index (χ0) is 14.7. The summed E-state index contributed by atoms with van der Waals surface area (Å²) >= 11 is 0. The van der Waals surface area contributed by atoms with Crippen LogP contribution in [-0.4, -0.2) is 20.9 Å². The standard InChI is InChI=1S/C15H11N5O/c16-10-9-15(21)17-11-5-7-12(8-6-11)20-14-4-2-1-3-13(14)18-19-20/h1-8H,9H2,(H,17,21). The Labute approximate surface area is 120 Å². The van der Waals surface area contributed by atoms with Crippen LogP contribution in [0.15, 0.2) is 48.5 Å². The first-order valence-corrected chi connectivity index (χ1v) is 6.35. The lowest BCUT2D eigenvalue weighted by atomic mass is 10.2. The number of para-hydroxylation sites is 1. The summed E-state index contributed by atoms with van der Waals surface area (Å²) in [7, 11) is 0. The molecule has 6 heteroatoms. The number of hydrogen-bond acceptors (Lipinski definition) is 4. The van der Waals surface area contributed by atoms with Crippen LogP contribution in [0.1, 0.15) is 6.42 Å². The van der Waals surface area contributed by atoms with Crippen molar-refractivity contribution in [2.75, 3.05) is 5.32 Å². The molecule has 0 unspecified atom stereocenters. The first-order valence-electron chi connectivity index (χ1n) is 6.35. The van der Waals surface area contributed by atoms with Crippen molar-refractivity contribution in [1.82, 2.24) is 15.0 Å². The molecule has 1 heterocycles. The summed E-state index contributed by atoms with van der Waals surface area (Å²) in [4.78, 5) is 11.3. The Morgan fingerprint density at radius 2 is 1.95 bits per heavy atom. The molecule has 0 radical (unpaired) electrons. The van der Waals surface area contributed by atoms with Crippen LogP contribution >= 0.6 is 0 Å². The lowest BCUT2D eigenvalue weighted by Crippen LogP contribution is -2.10. The van der Waals surface area contributed by atoms with E-state index in [2.05, 4.69) is 15.6 Å². The molecule has 0 bridgehead atoms. The van der Waals surface area contributed by atoms with Gasteiger partial charge in [-0.15, -0.1) is 5.10 Å². The minimum Gasteiger partial charge on any atom is -0.325 e. The van der Waals surface area contributed by atoms with Gasteiger partial charge in [0.2, 0.25) is 5.91 Å². The molecule has 102 valence electrons. The number of anilines is 1. The van der Waals surface area contributed by atoms with Crippen LogP contribution in [0.3, 0.4) is 0 Å². The molecular weight excluding hydrogens is 266 g/mol. The third-order valence-electron chi connectivity index (χ3n) is 2.99. The summed E-state index contributed by atoms with van der Waals surface area (Å²) in [6.07, 6.45) is -0.157. The highest BCUT2D eigenvalue weighted by atomic mass is 16.1. The van der Waals surface area contributed by atoms with Gasteiger partial charge in [0, 0.05) is 5.69 Å². The van der Waals surface area contributed by atoms with Gasteiger partial charge in [-0.2, -0.15) is 5.26 Å². The third-order valence-corrected chi connectivity index (χ3v) is 2.99.